The first-order valence-electron chi connectivity index (χ1n) is 8.29. The lowest BCUT2D eigenvalue weighted by atomic mass is 10.1. The highest BCUT2D eigenvalue weighted by atomic mass is 32.1. The van der Waals surface area contributed by atoms with Gasteiger partial charge in [-0.15, -0.1) is 10.2 Å². The van der Waals surface area contributed by atoms with Crippen LogP contribution in [0.15, 0.2) is 54.7 Å². The zero-order valence-electron chi connectivity index (χ0n) is 14.5. The molecule has 27 heavy (non-hydrogen) atoms. The van der Waals surface area contributed by atoms with Gasteiger partial charge in [-0.3, -0.25) is 5.10 Å². The van der Waals surface area contributed by atoms with Crippen LogP contribution in [0.4, 0.5) is 0 Å². The van der Waals surface area contributed by atoms with Crippen molar-refractivity contribution in [3.8, 4) is 23.1 Å². The first-order valence-corrected chi connectivity index (χ1v) is 8.69. The summed E-state index contributed by atoms with van der Waals surface area (Å²) in [4.78, 5) is 1.51. The van der Waals surface area contributed by atoms with E-state index in [0.717, 1.165) is 16.8 Å². The summed E-state index contributed by atoms with van der Waals surface area (Å²) in [6, 6.07) is 17.5. The molecule has 0 spiro atoms. The van der Waals surface area contributed by atoms with Crippen LogP contribution in [0.25, 0.3) is 17.1 Å². The Bertz CT molecular complexity index is 1170. The van der Waals surface area contributed by atoms with Crippen LogP contribution in [0, 0.1) is 22.9 Å². The second-order valence-corrected chi connectivity index (χ2v) is 6.50. The third kappa shape index (κ3) is 3.41. The lowest BCUT2D eigenvalue weighted by Gasteiger charge is -2.02. The highest BCUT2D eigenvalue weighted by Gasteiger charge is 2.12. The van der Waals surface area contributed by atoms with Gasteiger partial charge in [0.1, 0.15) is 4.64 Å². The normalized spacial score (nSPS) is 10.7. The Balaban J connectivity index is 1.59. The molecule has 0 aliphatic heterocycles. The quantitative estimate of drug-likeness (QED) is 0.554. The number of nitrogens with one attached hydrogen (secondary N) is 1. The monoisotopic (exact) mass is 373 g/mol. The second kappa shape index (κ2) is 6.97. The molecule has 2 heterocycles. The van der Waals surface area contributed by atoms with Gasteiger partial charge in [0.2, 0.25) is 5.82 Å². The molecule has 4 rings (SSSR count). The van der Waals surface area contributed by atoms with Crippen LogP contribution in [0.5, 0.6) is 0 Å². The maximum absolute atomic E-state index is 8.87. The third-order valence-corrected chi connectivity index (χ3v) is 4.57. The van der Waals surface area contributed by atoms with E-state index >= 15 is 0 Å². The predicted molar refractivity (Wildman–Crippen MR) is 103 cm³/mol. The van der Waals surface area contributed by atoms with Crippen molar-refractivity contribution in [2.75, 3.05) is 0 Å². The number of aryl methyl sites for hydroxylation is 1. The Morgan fingerprint density at radius 2 is 1.85 bits per heavy atom. The molecule has 0 unspecified atom stereocenters. The summed E-state index contributed by atoms with van der Waals surface area (Å²) in [5.74, 6) is 0.468. The third-order valence-electron chi connectivity index (χ3n) is 4.16. The summed E-state index contributed by atoms with van der Waals surface area (Å²) in [5, 5.41) is 24.7. The highest BCUT2D eigenvalue weighted by Crippen LogP contribution is 2.19. The summed E-state index contributed by atoms with van der Waals surface area (Å²) in [6.07, 6.45) is 1.78. The van der Waals surface area contributed by atoms with E-state index in [1.807, 2.05) is 48.0 Å². The number of nitrogens with zero attached hydrogens (tertiary/aromatic N) is 6. The molecule has 4 aromatic rings. The summed E-state index contributed by atoms with van der Waals surface area (Å²) < 4.78 is 2.41. The molecular formula is C19H15N7S. The van der Waals surface area contributed by atoms with E-state index in [2.05, 4.69) is 26.6 Å². The summed E-state index contributed by atoms with van der Waals surface area (Å²) >= 11 is 5.57. The van der Waals surface area contributed by atoms with Gasteiger partial charge >= 0.3 is 0 Å². The molecule has 0 aliphatic carbocycles. The van der Waals surface area contributed by atoms with Crippen LogP contribution in [0.1, 0.15) is 16.7 Å². The first-order chi connectivity index (χ1) is 13.1. The fourth-order valence-corrected chi connectivity index (χ4v) is 2.99. The molecule has 0 fully saturated rings. The lowest BCUT2D eigenvalue weighted by Crippen LogP contribution is -2.04. The van der Waals surface area contributed by atoms with Crippen molar-refractivity contribution >= 4 is 12.2 Å². The average molecular weight is 373 g/mol. The summed E-state index contributed by atoms with van der Waals surface area (Å²) in [7, 11) is 0. The van der Waals surface area contributed by atoms with Crippen molar-refractivity contribution in [2.45, 2.75) is 13.5 Å². The van der Waals surface area contributed by atoms with Gasteiger partial charge in [0.15, 0.2) is 0 Å². The number of benzene rings is 2. The predicted octanol–water partition coefficient (Wildman–Crippen LogP) is 3.42. The van der Waals surface area contributed by atoms with Gasteiger partial charge in [-0.25, -0.2) is 4.68 Å². The highest BCUT2D eigenvalue weighted by molar-refractivity contribution is 7.71. The molecule has 0 atom stereocenters. The van der Waals surface area contributed by atoms with Crippen LogP contribution >= 0.6 is 12.2 Å². The van der Waals surface area contributed by atoms with E-state index in [4.69, 9.17) is 17.5 Å². The van der Waals surface area contributed by atoms with Gasteiger partial charge in [-0.05, 0) is 42.0 Å². The molecule has 0 aliphatic rings. The Morgan fingerprint density at radius 1 is 1.11 bits per heavy atom. The second-order valence-electron chi connectivity index (χ2n) is 6.12. The molecule has 7 nitrogen and oxygen atoms in total. The van der Waals surface area contributed by atoms with Gasteiger partial charge in [0.05, 0.1) is 29.4 Å². The average Bonchev–Trinajstić information content (AvgIpc) is 3.29. The number of tetrazole rings is 1. The number of aromatic amines is 1. The van der Waals surface area contributed by atoms with E-state index in [9.17, 15) is 0 Å². The molecule has 0 amide bonds. The molecule has 2 aromatic heterocycles. The van der Waals surface area contributed by atoms with Gasteiger partial charge in [0, 0.05) is 6.20 Å². The molecule has 0 saturated carbocycles. The number of rotatable bonds is 4. The van der Waals surface area contributed by atoms with Crippen LogP contribution < -0.4 is 0 Å². The summed E-state index contributed by atoms with van der Waals surface area (Å²) in [5.41, 5.74) is 4.46. The van der Waals surface area contributed by atoms with Crippen molar-refractivity contribution in [3.63, 3.8) is 0 Å². The zero-order valence-corrected chi connectivity index (χ0v) is 15.3. The van der Waals surface area contributed by atoms with Crippen molar-refractivity contribution in [1.29, 1.82) is 5.26 Å². The SMILES string of the molecule is Cc1ccc(-n2[nH]cc(-c3nnn(Cc4ccc(C#N)cc4)n3)c2=S)cc1. The molecule has 8 heteroatoms. The number of nitriles is 1. The summed E-state index contributed by atoms with van der Waals surface area (Å²) in [6.45, 7) is 2.51. The topological polar surface area (TPSA) is 88.1 Å². The Labute approximate surface area is 160 Å². The van der Waals surface area contributed by atoms with Crippen molar-refractivity contribution in [2.24, 2.45) is 0 Å². The Hall–Kier alpha value is -3.57. The first kappa shape index (κ1) is 16.9. The number of hydrogen-bond acceptors (Lipinski definition) is 5. The minimum Gasteiger partial charge on any atom is -0.299 e. The number of aromatic nitrogens is 6. The Kier molecular flexibility index (Phi) is 4.36. The van der Waals surface area contributed by atoms with E-state index in [-0.39, 0.29) is 0 Å². The van der Waals surface area contributed by atoms with Crippen molar-refractivity contribution < 1.29 is 0 Å². The van der Waals surface area contributed by atoms with Gasteiger partial charge < -0.3 is 0 Å². The zero-order chi connectivity index (χ0) is 18.8. The van der Waals surface area contributed by atoms with Crippen LogP contribution in [-0.2, 0) is 6.54 Å². The minimum atomic E-state index is 0.466. The van der Waals surface area contributed by atoms with E-state index in [0.29, 0.717) is 22.6 Å². The van der Waals surface area contributed by atoms with E-state index in [1.165, 1.54) is 10.4 Å². The lowest BCUT2D eigenvalue weighted by molar-refractivity contribution is 0.573. The van der Waals surface area contributed by atoms with Crippen LogP contribution in [0.3, 0.4) is 0 Å². The van der Waals surface area contributed by atoms with Gasteiger partial charge in [-0.2, -0.15) is 10.1 Å². The van der Waals surface area contributed by atoms with Crippen molar-refractivity contribution in [3.05, 3.63) is 76.1 Å². The van der Waals surface area contributed by atoms with E-state index in [1.54, 1.807) is 18.3 Å². The van der Waals surface area contributed by atoms with Crippen molar-refractivity contribution in [1.82, 2.24) is 30.0 Å². The smallest absolute Gasteiger partial charge is 0.209 e. The maximum Gasteiger partial charge on any atom is 0.209 e. The molecular weight excluding hydrogens is 358 g/mol. The van der Waals surface area contributed by atoms with Gasteiger partial charge in [-0.1, -0.05) is 42.0 Å². The fourth-order valence-electron chi connectivity index (χ4n) is 2.68. The number of hydrogen-bond donors (Lipinski definition) is 1. The molecule has 0 bridgehead atoms. The molecule has 0 radical (unpaired) electrons. The minimum absolute atomic E-state index is 0.466. The number of H-pyrrole nitrogens is 1. The molecule has 0 saturated heterocycles. The molecule has 2 aromatic carbocycles. The molecule has 132 valence electrons. The molecule has 1 N–H and O–H groups in total. The maximum atomic E-state index is 8.87. The van der Waals surface area contributed by atoms with Crippen LogP contribution in [0.2, 0.25) is 0 Å². The fraction of sp³-hybridized carbons (Fsp3) is 0.105. The standard InChI is InChI=1S/C19H15N7S/c1-13-2-8-16(9-3-13)26-19(27)17(11-21-26)18-22-24-25(23-18)12-15-6-4-14(10-20)5-7-15/h2-9,11,21H,12H2,1H3. The van der Waals surface area contributed by atoms with Gasteiger partial charge in [0.25, 0.3) is 0 Å². The van der Waals surface area contributed by atoms with E-state index < -0.39 is 0 Å². The largest absolute Gasteiger partial charge is 0.299 e. The Morgan fingerprint density at radius 3 is 2.56 bits per heavy atom. The van der Waals surface area contributed by atoms with Crippen LogP contribution in [-0.4, -0.2) is 30.0 Å².